The van der Waals surface area contributed by atoms with Crippen LogP contribution in [-0.2, 0) is 0 Å². The summed E-state index contributed by atoms with van der Waals surface area (Å²) in [6, 6.07) is 7.72. The highest BCUT2D eigenvalue weighted by Gasteiger charge is 2.21. The summed E-state index contributed by atoms with van der Waals surface area (Å²) >= 11 is 6.27. The summed E-state index contributed by atoms with van der Waals surface area (Å²) in [6.45, 7) is 7.76. The third-order valence-corrected chi connectivity index (χ3v) is 4.51. The van der Waals surface area contributed by atoms with Crippen LogP contribution >= 0.6 is 11.6 Å². The number of carbonyl (C=O) groups is 1. The minimum atomic E-state index is 0.0740. The Labute approximate surface area is 143 Å². The Morgan fingerprint density at radius 2 is 1.74 bits per heavy atom. The van der Waals surface area contributed by atoms with E-state index in [9.17, 15) is 4.79 Å². The monoisotopic (exact) mass is 332 g/mol. The van der Waals surface area contributed by atoms with E-state index in [1.807, 2.05) is 36.1 Å². The van der Waals surface area contributed by atoms with Gasteiger partial charge in [-0.1, -0.05) is 56.5 Å². The van der Waals surface area contributed by atoms with Gasteiger partial charge < -0.3 is 4.90 Å². The van der Waals surface area contributed by atoms with E-state index in [-0.39, 0.29) is 5.91 Å². The van der Waals surface area contributed by atoms with Gasteiger partial charge in [-0.25, -0.2) is 4.98 Å². The fourth-order valence-corrected chi connectivity index (χ4v) is 2.91. The van der Waals surface area contributed by atoms with Gasteiger partial charge in [0.25, 0.3) is 5.91 Å². The zero-order chi connectivity index (χ0) is 16.8. The standard InChI is InChI=1S/C19H25ClN2O/c1-4-6-12-22(13-7-5-2)19(23)17-14(3)18(20)21-16-11-9-8-10-15(16)17/h8-11H,4-7,12-13H2,1-3H3. The highest BCUT2D eigenvalue weighted by molar-refractivity contribution is 6.31. The number of fused-ring (bicyclic) bond motifs is 1. The van der Waals surface area contributed by atoms with Crippen molar-refractivity contribution < 1.29 is 4.79 Å². The summed E-state index contributed by atoms with van der Waals surface area (Å²) < 4.78 is 0. The zero-order valence-electron chi connectivity index (χ0n) is 14.2. The van der Waals surface area contributed by atoms with Crippen LogP contribution in [-0.4, -0.2) is 28.9 Å². The van der Waals surface area contributed by atoms with Gasteiger partial charge in [-0.15, -0.1) is 0 Å². The molecule has 0 bridgehead atoms. The number of nitrogens with zero attached hydrogens (tertiary/aromatic N) is 2. The molecular formula is C19H25ClN2O. The molecule has 2 rings (SSSR count). The van der Waals surface area contributed by atoms with Gasteiger partial charge in [0.05, 0.1) is 11.1 Å². The Balaban J connectivity index is 2.46. The van der Waals surface area contributed by atoms with Crippen LogP contribution in [0.3, 0.4) is 0 Å². The number of hydrogen-bond donors (Lipinski definition) is 0. The maximum atomic E-state index is 13.2. The third-order valence-electron chi connectivity index (χ3n) is 4.14. The number of unbranched alkanes of at least 4 members (excludes halogenated alkanes) is 2. The normalized spacial score (nSPS) is 11.0. The average molecular weight is 333 g/mol. The number of pyridine rings is 1. The predicted octanol–water partition coefficient (Wildman–Crippen LogP) is 5.24. The average Bonchev–Trinajstić information content (AvgIpc) is 2.55. The Morgan fingerprint density at radius 3 is 2.35 bits per heavy atom. The molecular weight excluding hydrogens is 308 g/mol. The lowest BCUT2D eigenvalue weighted by Crippen LogP contribution is -2.33. The molecule has 1 aromatic carbocycles. The van der Waals surface area contributed by atoms with Crippen molar-refractivity contribution >= 4 is 28.4 Å². The van der Waals surface area contributed by atoms with Crippen molar-refractivity contribution in [3.05, 3.63) is 40.5 Å². The first-order valence-corrected chi connectivity index (χ1v) is 8.82. The Hall–Kier alpha value is -1.61. The summed E-state index contributed by atoms with van der Waals surface area (Å²) in [5, 5.41) is 1.30. The van der Waals surface area contributed by atoms with E-state index >= 15 is 0 Å². The maximum Gasteiger partial charge on any atom is 0.254 e. The van der Waals surface area contributed by atoms with Crippen LogP contribution in [0.5, 0.6) is 0 Å². The molecule has 4 heteroatoms. The molecule has 1 heterocycles. The van der Waals surface area contributed by atoms with Crippen molar-refractivity contribution in [3.8, 4) is 0 Å². The van der Waals surface area contributed by atoms with Gasteiger partial charge in [0.1, 0.15) is 5.15 Å². The zero-order valence-corrected chi connectivity index (χ0v) is 15.0. The maximum absolute atomic E-state index is 13.2. The Kier molecular flexibility index (Phi) is 6.40. The second-order valence-corrected chi connectivity index (χ2v) is 6.28. The fourth-order valence-electron chi connectivity index (χ4n) is 2.72. The van der Waals surface area contributed by atoms with Crippen molar-refractivity contribution in [2.45, 2.75) is 46.5 Å². The molecule has 124 valence electrons. The van der Waals surface area contributed by atoms with Crippen molar-refractivity contribution in [2.75, 3.05) is 13.1 Å². The molecule has 0 saturated carbocycles. The molecule has 0 fully saturated rings. The molecule has 1 aromatic heterocycles. The molecule has 0 spiro atoms. The number of halogens is 1. The van der Waals surface area contributed by atoms with E-state index < -0.39 is 0 Å². The summed E-state index contributed by atoms with van der Waals surface area (Å²) in [6.07, 6.45) is 4.19. The van der Waals surface area contributed by atoms with Crippen molar-refractivity contribution in [2.24, 2.45) is 0 Å². The molecule has 0 atom stereocenters. The lowest BCUT2D eigenvalue weighted by Gasteiger charge is -2.24. The van der Waals surface area contributed by atoms with Crippen LogP contribution in [0.2, 0.25) is 5.15 Å². The molecule has 0 saturated heterocycles. The Bertz CT molecular complexity index is 676. The predicted molar refractivity (Wildman–Crippen MR) is 97.2 cm³/mol. The number of benzene rings is 1. The minimum Gasteiger partial charge on any atom is -0.339 e. The summed E-state index contributed by atoms with van der Waals surface area (Å²) in [7, 11) is 0. The van der Waals surface area contributed by atoms with Crippen molar-refractivity contribution in [1.29, 1.82) is 0 Å². The van der Waals surface area contributed by atoms with E-state index in [1.165, 1.54) is 0 Å². The third kappa shape index (κ3) is 4.03. The van der Waals surface area contributed by atoms with Crippen LogP contribution in [0.1, 0.15) is 55.5 Å². The molecule has 0 radical (unpaired) electrons. The first-order chi connectivity index (χ1) is 11.1. The fraction of sp³-hybridized carbons (Fsp3) is 0.474. The molecule has 1 amide bonds. The molecule has 2 aromatic rings. The lowest BCUT2D eigenvalue weighted by atomic mass is 10.0. The number of carbonyl (C=O) groups excluding carboxylic acids is 1. The lowest BCUT2D eigenvalue weighted by molar-refractivity contribution is 0.0752. The molecule has 0 aliphatic carbocycles. The van der Waals surface area contributed by atoms with Gasteiger partial charge in [0, 0.05) is 18.5 Å². The highest BCUT2D eigenvalue weighted by atomic mass is 35.5. The first-order valence-electron chi connectivity index (χ1n) is 8.44. The van der Waals surface area contributed by atoms with Gasteiger partial charge in [0.2, 0.25) is 0 Å². The molecule has 3 nitrogen and oxygen atoms in total. The SMILES string of the molecule is CCCCN(CCCC)C(=O)c1c(C)c(Cl)nc2ccccc12. The number of amides is 1. The van der Waals surface area contributed by atoms with Gasteiger partial charge in [-0.05, 0) is 31.4 Å². The highest BCUT2D eigenvalue weighted by Crippen LogP contribution is 2.27. The van der Waals surface area contributed by atoms with E-state index in [0.717, 1.165) is 55.2 Å². The Morgan fingerprint density at radius 1 is 1.13 bits per heavy atom. The largest absolute Gasteiger partial charge is 0.339 e. The second-order valence-electron chi connectivity index (χ2n) is 5.92. The van der Waals surface area contributed by atoms with Gasteiger partial charge >= 0.3 is 0 Å². The van der Waals surface area contributed by atoms with E-state index in [4.69, 9.17) is 11.6 Å². The minimum absolute atomic E-state index is 0.0740. The van der Waals surface area contributed by atoms with Crippen LogP contribution in [0.15, 0.2) is 24.3 Å². The summed E-state index contributed by atoms with van der Waals surface area (Å²) in [5.74, 6) is 0.0740. The molecule has 0 aliphatic heterocycles. The van der Waals surface area contributed by atoms with Crippen molar-refractivity contribution in [3.63, 3.8) is 0 Å². The molecule has 23 heavy (non-hydrogen) atoms. The van der Waals surface area contributed by atoms with Gasteiger partial charge in [-0.2, -0.15) is 0 Å². The first kappa shape index (κ1) is 17.7. The summed E-state index contributed by atoms with van der Waals surface area (Å²) in [4.78, 5) is 19.6. The number of para-hydroxylation sites is 1. The van der Waals surface area contributed by atoms with E-state index in [0.29, 0.717) is 10.7 Å². The van der Waals surface area contributed by atoms with Crippen molar-refractivity contribution in [1.82, 2.24) is 9.88 Å². The number of rotatable bonds is 7. The van der Waals surface area contributed by atoms with Gasteiger partial charge in [0.15, 0.2) is 0 Å². The van der Waals surface area contributed by atoms with E-state index in [1.54, 1.807) is 0 Å². The van der Waals surface area contributed by atoms with Gasteiger partial charge in [-0.3, -0.25) is 4.79 Å². The summed E-state index contributed by atoms with van der Waals surface area (Å²) in [5.41, 5.74) is 2.25. The molecule has 0 unspecified atom stereocenters. The quantitative estimate of drug-likeness (QED) is 0.650. The van der Waals surface area contributed by atoms with E-state index in [2.05, 4.69) is 18.8 Å². The van der Waals surface area contributed by atoms with Crippen LogP contribution < -0.4 is 0 Å². The number of hydrogen-bond acceptors (Lipinski definition) is 2. The van der Waals surface area contributed by atoms with Crippen LogP contribution in [0.4, 0.5) is 0 Å². The number of aromatic nitrogens is 1. The topological polar surface area (TPSA) is 33.2 Å². The molecule has 0 N–H and O–H groups in total. The molecule has 0 aliphatic rings. The van der Waals surface area contributed by atoms with Crippen LogP contribution in [0.25, 0.3) is 10.9 Å². The smallest absolute Gasteiger partial charge is 0.254 e. The van der Waals surface area contributed by atoms with Crippen LogP contribution in [0, 0.1) is 6.92 Å². The second kappa shape index (κ2) is 8.30.